The third-order valence-electron chi connectivity index (χ3n) is 8.14. The molecule has 5 aromatic carbocycles. The Labute approximate surface area is 295 Å². The Bertz CT molecular complexity index is 1940. The molecule has 2 amide bonds. The Balaban J connectivity index is 1.54. The highest BCUT2D eigenvalue weighted by Crippen LogP contribution is 2.29. The number of nitrogens with zero attached hydrogens (tertiary/aromatic N) is 2. The molecule has 0 aliphatic rings. The van der Waals surface area contributed by atoms with E-state index < -0.39 is 28.5 Å². The van der Waals surface area contributed by atoms with Gasteiger partial charge in [-0.2, -0.15) is 0 Å². The molecule has 0 bridgehead atoms. The predicted octanol–water partition coefficient (Wildman–Crippen LogP) is 7.39. The molecule has 0 aliphatic carbocycles. The fourth-order valence-corrected chi connectivity index (χ4v) is 6.86. The number of rotatable bonds is 15. The SMILES string of the molecule is Cc1ccc(CN(C(=O)CN(c2ccc(Oc3ccccc3)cc2)S(=O)(=O)c2ccccc2)[C@H](Cc2ccccc2)C(=O)NCC(C)C)cc1. The summed E-state index contributed by atoms with van der Waals surface area (Å²) in [6.45, 7) is 5.99. The molecule has 9 heteroatoms. The van der Waals surface area contributed by atoms with Crippen molar-refractivity contribution < 1.29 is 22.7 Å². The minimum Gasteiger partial charge on any atom is -0.457 e. The van der Waals surface area contributed by atoms with Gasteiger partial charge in [-0.1, -0.05) is 110 Å². The highest BCUT2D eigenvalue weighted by atomic mass is 32.2. The molecule has 0 saturated carbocycles. The maximum Gasteiger partial charge on any atom is 0.264 e. The molecule has 1 atom stereocenters. The van der Waals surface area contributed by atoms with Crippen LogP contribution in [0.2, 0.25) is 0 Å². The monoisotopic (exact) mass is 689 g/mol. The molecule has 0 heterocycles. The van der Waals surface area contributed by atoms with Crippen LogP contribution >= 0.6 is 0 Å². The largest absolute Gasteiger partial charge is 0.457 e. The molecule has 258 valence electrons. The Morgan fingerprint density at radius 3 is 1.86 bits per heavy atom. The number of benzene rings is 5. The summed E-state index contributed by atoms with van der Waals surface area (Å²) in [5.74, 6) is 0.515. The van der Waals surface area contributed by atoms with Crippen LogP contribution in [0.5, 0.6) is 11.5 Å². The summed E-state index contributed by atoms with van der Waals surface area (Å²) in [4.78, 5) is 30.2. The van der Waals surface area contributed by atoms with E-state index in [0.717, 1.165) is 21.0 Å². The molecule has 50 heavy (non-hydrogen) atoms. The first-order valence-corrected chi connectivity index (χ1v) is 18.1. The summed E-state index contributed by atoms with van der Waals surface area (Å²) in [7, 11) is -4.21. The summed E-state index contributed by atoms with van der Waals surface area (Å²) in [6.07, 6.45) is 0.249. The van der Waals surface area contributed by atoms with Gasteiger partial charge in [0.15, 0.2) is 0 Å². The molecule has 0 aliphatic heterocycles. The van der Waals surface area contributed by atoms with Crippen molar-refractivity contribution in [2.75, 3.05) is 17.4 Å². The van der Waals surface area contributed by atoms with E-state index in [2.05, 4.69) is 5.32 Å². The van der Waals surface area contributed by atoms with Gasteiger partial charge in [0.25, 0.3) is 10.0 Å². The van der Waals surface area contributed by atoms with Crippen LogP contribution in [-0.2, 0) is 32.6 Å². The second-order valence-electron chi connectivity index (χ2n) is 12.6. The molecular formula is C41H43N3O5S. The normalized spacial score (nSPS) is 11.8. The average molecular weight is 690 g/mol. The lowest BCUT2D eigenvalue weighted by Crippen LogP contribution is -2.53. The number of para-hydroxylation sites is 1. The van der Waals surface area contributed by atoms with Gasteiger partial charge in [-0.15, -0.1) is 0 Å². The van der Waals surface area contributed by atoms with E-state index in [9.17, 15) is 18.0 Å². The van der Waals surface area contributed by atoms with E-state index in [4.69, 9.17) is 4.74 Å². The van der Waals surface area contributed by atoms with Gasteiger partial charge in [0.05, 0.1) is 10.6 Å². The minimum absolute atomic E-state index is 0.0398. The molecular weight excluding hydrogens is 647 g/mol. The summed E-state index contributed by atoms with van der Waals surface area (Å²) >= 11 is 0. The van der Waals surface area contributed by atoms with Crippen molar-refractivity contribution in [3.8, 4) is 11.5 Å². The number of sulfonamides is 1. The summed E-state index contributed by atoms with van der Waals surface area (Å²) in [5.41, 5.74) is 3.03. The number of amides is 2. The van der Waals surface area contributed by atoms with Crippen molar-refractivity contribution >= 4 is 27.5 Å². The van der Waals surface area contributed by atoms with Crippen LogP contribution in [0.3, 0.4) is 0 Å². The quantitative estimate of drug-likeness (QED) is 0.124. The standard InChI is InChI=1S/C41H43N3O5S/c1-31(2)28-42-41(46)39(27-33-13-7-4-8-14-33)43(29-34-21-19-32(3)20-22-34)40(45)30-44(50(47,48)38-17-11-6-12-18-38)35-23-25-37(26-24-35)49-36-15-9-5-10-16-36/h4-26,31,39H,27-30H2,1-3H3,(H,42,46)/t39-/m1/s1. The van der Waals surface area contributed by atoms with Crippen molar-refractivity contribution in [1.29, 1.82) is 0 Å². The summed E-state index contributed by atoms with van der Waals surface area (Å²) in [6, 6.07) is 40.2. The van der Waals surface area contributed by atoms with Gasteiger partial charge in [0, 0.05) is 19.5 Å². The first kappa shape index (κ1) is 35.9. The molecule has 0 radical (unpaired) electrons. The highest BCUT2D eigenvalue weighted by molar-refractivity contribution is 7.92. The second kappa shape index (κ2) is 16.8. The number of hydrogen-bond acceptors (Lipinski definition) is 5. The van der Waals surface area contributed by atoms with Crippen molar-refractivity contribution in [3.63, 3.8) is 0 Å². The smallest absolute Gasteiger partial charge is 0.264 e. The van der Waals surface area contributed by atoms with Crippen LogP contribution in [0.25, 0.3) is 0 Å². The third kappa shape index (κ3) is 9.60. The number of carbonyl (C=O) groups excluding carboxylic acids is 2. The van der Waals surface area contributed by atoms with E-state index >= 15 is 0 Å². The van der Waals surface area contributed by atoms with Crippen molar-refractivity contribution in [2.45, 2.75) is 44.7 Å². The number of ether oxygens (including phenoxy) is 1. The van der Waals surface area contributed by atoms with Crippen molar-refractivity contribution in [3.05, 3.63) is 156 Å². The molecule has 0 saturated heterocycles. The zero-order chi connectivity index (χ0) is 35.5. The zero-order valence-electron chi connectivity index (χ0n) is 28.6. The number of nitrogens with one attached hydrogen (secondary N) is 1. The predicted molar refractivity (Wildman–Crippen MR) is 197 cm³/mol. The number of anilines is 1. The van der Waals surface area contributed by atoms with Crippen LogP contribution in [0, 0.1) is 12.8 Å². The lowest BCUT2D eigenvalue weighted by molar-refractivity contribution is -0.140. The van der Waals surface area contributed by atoms with E-state index in [0.29, 0.717) is 18.0 Å². The fourth-order valence-electron chi connectivity index (χ4n) is 5.42. The first-order valence-electron chi connectivity index (χ1n) is 16.7. The third-order valence-corrected chi connectivity index (χ3v) is 9.93. The number of carbonyl (C=O) groups is 2. The number of aryl methyl sites for hydroxylation is 1. The summed E-state index contributed by atoms with van der Waals surface area (Å²) in [5, 5.41) is 3.02. The lowest BCUT2D eigenvalue weighted by atomic mass is 10.0. The highest BCUT2D eigenvalue weighted by Gasteiger charge is 2.34. The molecule has 0 spiro atoms. The molecule has 0 fully saturated rings. The Hall–Kier alpha value is -5.41. The zero-order valence-corrected chi connectivity index (χ0v) is 29.4. The molecule has 0 aromatic heterocycles. The maximum atomic E-state index is 14.7. The van der Waals surface area contributed by atoms with Crippen LogP contribution in [-0.4, -0.2) is 44.3 Å². The van der Waals surface area contributed by atoms with Gasteiger partial charge in [0.2, 0.25) is 11.8 Å². The Kier molecular flexibility index (Phi) is 12.1. The Morgan fingerprint density at radius 2 is 1.26 bits per heavy atom. The van der Waals surface area contributed by atoms with Gasteiger partial charge in [-0.3, -0.25) is 13.9 Å². The first-order chi connectivity index (χ1) is 24.1. The molecule has 5 rings (SSSR count). The van der Waals surface area contributed by atoms with Gasteiger partial charge in [-0.05, 0) is 72.5 Å². The van der Waals surface area contributed by atoms with Crippen LogP contribution < -0.4 is 14.4 Å². The van der Waals surface area contributed by atoms with Crippen molar-refractivity contribution in [1.82, 2.24) is 10.2 Å². The van der Waals surface area contributed by atoms with E-state index in [1.54, 1.807) is 42.5 Å². The molecule has 0 unspecified atom stereocenters. The maximum absolute atomic E-state index is 14.7. The molecule has 1 N–H and O–H groups in total. The van der Waals surface area contributed by atoms with Gasteiger partial charge in [-0.25, -0.2) is 8.42 Å². The Morgan fingerprint density at radius 1 is 0.700 bits per heavy atom. The second-order valence-corrected chi connectivity index (χ2v) is 14.4. The minimum atomic E-state index is -4.21. The van der Waals surface area contributed by atoms with Crippen LogP contribution in [0.1, 0.15) is 30.5 Å². The van der Waals surface area contributed by atoms with E-state index in [1.807, 2.05) is 106 Å². The van der Waals surface area contributed by atoms with Gasteiger partial charge < -0.3 is 15.0 Å². The van der Waals surface area contributed by atoms with E-state index in [1.165, 1.54) is 17.0 Å². The van der Waals surface area contributed by atoms with Crippen LogP contribution in [0.15, 0.2) is 144 Å². The molecule has 8 nitrogen and oxygen atoms in total. The van der Waals surface area contributed by atoms with Crippen LogP contribution in [0.4, 0.5) is 5.69 Å². The van der Waals surface area contributed by atoms with Gasteiger partial charge in [0.1, 0.15) is 24.1 Å². The van der Waals surface area contributed by atoms with Crippen molar-refractivity contribution in [2.24, 2.45) is 5.92 Å². The number of hydrogen-bond donors (Lipinski definition) is 1. The fraction of sp³-hybridized carbons (Fsp3) is 0.220. The van der Waals surface area contributed by atoms with Gasteiger partial charge >= 0.3 is 0 Å². The lowest BCUT2D eigenvalue weighted by Gasteiger charge is -2.34. The average Bonchev–Trinajstić information content (AvgIpc) is 3.13. The topological polar surface area (TPSA) is 96.0 Å². The summed E-state index contributed by atoms with van der Waals surface area (Å²) < 4.78 is 35.6. The van der Waals surface area contributed by atoms with E-state index in [-0.39, 0.29) is 35.4 Å². The molecule has 5 aromatic rings.